The molecule has 0 spiro atoms. The van der Waals surface area contributed by atoms with Gasteiger partial charge >= 0.3 is 0 Å². The van der Waals surface area contributed by atoms with Crippen molar-refractivity contribution in [2.75, 3.05) is 39.5 Å². The second kappa shape index (κ2) is 36.2. The van der Waals surface area contributed by atoms with Gasteiger partial charge in [0.25, 0.3) is 0 Å². The van der Waals surface area contributed by atoms with Gasteiger partial charge in [0.2, 0.25) is 0 Å². The van der Waals surface area contributed by atoms with E-state index in [1.807, 2.05) is 0 Å². The summed E-state index contributed by atoms with van der Waals surface area (Å²) >= 11 is 0. The topological polar surface area (TPSA) is 30.5 Å². The van der Waals surface area contributed by atoms with E-state index in [9.17, 15) is 0 Å². The Bertz CT molecular complexity index is 566. The van der Waals surface area contributed by atoms with Crippen LogP contribution in [0.3, 0.4) is 0 Å². The summed E-state index contributed by atoms with van der Waals surface area (Å²) < 4.78 is 12.2. The summed E-state index contributed by atoms with van der Waals surface area (Å²) in [4.78, 5) is 0. The molecular weight excluding hydrogens is 550 g/mol. The van der Waals surface area contributed by atoms with Crippen LogP contribution in [-0.2, 0) is 9.47 Å². The quantitative estimate of drug-likeness (QED) is 0.0551. The van der Waals surface area contributed by atoms with Gasteiger partial charge in [0.05, 0.1) is 13.2 Å². The molecule has 1 heterocycles. The van der Waals surface area contributed by atoms with E-state index in [4.69, 9.17) is 9.47 Å². The lowest BCUT2D eigenvalue weighted by Crippen LogP contribution is -2.23. The fourth-order valence-electron chi connectivity index (χ4n) is 6.55. The number of ether oxygens (including phenoxy) is 2. The Kier molecular flexibility index (Phi) is 34.1. The van der Waals surface area contributed by atoms with Crippen LogP contribution in [0.2, 0.25) is 0 Å². The highest BCUT2D eigenvalue weighted by Crippen LogP contribution is 2.19. The standard InChI is InChI=1S/C42H81NO2/c1-3-5-7-9-11-13-15-17-19-21-23-25-27-29-31-33-35-44-39-41-37-43-38-42(41)40-45-36-34-32-30-28-26-24-22-20-18-16-14-12-10-8-6-4-2/h17-20,41-43H,3-16,21-40H2,1-2H3/b19-17-,20-18-/t41-,42-/m0/s1. The van der Waals surface area contributed by atoms with Gasteiger partial charge in [-0.15, -0.1) is 0 Å². The normalized spacial score (nSPS) is 17.0. The van der Waals surface area contributed by atoms with Crippen molar-refractivity contribution in [3.05, 3.63) is 24.3 Å². The minimum atomic E-state index is 0.624. The minimum Gasteiger partial charge on any atom is -0.381 e. The third kappa shape index (κ3) is 30.4. The van der Waals surface area contributed by atoms with Gasteiger partial charge in [-0.1, -0.05) is 154 Å². The van der Waals surface area contributed by atoms with Crippen molar-refractivity contribution >= 4 is 0 Å². The maximum absolute atomic E-state index is 6.10. The van der Waals surface area contributed by atoms with E-state index in [2.05, 4.69) is 43.5 Å². The first kappa shape index (κ1) is 42.4. The largest absolute Gasteiger partial charge is 0.381 e. The van der Waals surface area contributed by atoms with Gasteiger partial charge in [0, 0.05) is 38.1 Å². The zero-order valence-electron chi connectivity index (χ0n) is 30.8. The van der Waals surface area contributed by atoms with Gasteiger partial charge in [0.15, 0.2) is 0 Å². The minimum absolute atomic E-state index is 0.624. The molecule has 0 radical (unpaired) electrons. The molecule has 0 aromatic rings. The van der Waals surface area contributed by atoms with Crippen LogP contribution in [-0.4, -0.2) is 39.5 Å². The number of hydrogen-bond acceptors (Lipinski definition) is 3. The first-order valence-corrected chi connectivity index (χ1v) is 20.5. The SMILES string of the molecule is CCCCCCCC/C=C\CCCCCCCCOC[C@@H]1CNC[C@H]1COCCCCCCCC/C=C\CCCCCCCC. The van der Waals surface area contributed by atoms with E-state index >= 15 is 0 Å². The molecule has 0 saturated carbocycles. The van der Waals surface area contributed by atoms with E-state index < -0.39 is 0 Å². The molecule has 1 rings (SSSR count). The Hall–Kier alpha value is -0.640. The van der Waals surface area contributed by atoms with Crippen molar-refractivity contribution in [2.45, 2.75) is 194 Å². The Morgan fingerprint density at radius 1 is 0.400 bits per heavy atom. The highest BCUT2D eigenvalue weighted by Gasteiger charge is 2.27. The van der Waals surface area contributed by atoms with Crippen LogP contribution < -0.4 is 5.32 Å². The van der Waals surface area contributed by atoms with Gasteiger partial charge in [0.1, 0.15) is 0 Å². The molecule has 1 aliphatic heterocycles. The third-order valence-corrected chi connectivity index (χ3v) is 9.74. The molecule has 0 unspecified atom stereocenters. The zero-order chi connectivity index (χ0) is 32.1. The summed E-state index contributed by atoms with van der Waals surface area (Å²) in [5.41, 5.74) is 0. The summed E-state index contributed by atoms with van der Waals surface area (Å²) in [6, 6.07) is 0. The van der Waals surface area contributed by atoms with Gasteiger partial charge in [-0.2, -0.15) is 0 Å². The van der Waals surface area contributed by atoms with Gasteiger partial charge in [-0.3, -0.25) is 0 Å². The average molecular weight is 632 g/mol. The summed E-state index contributed by atoms with van der Waals surface area (Å²) in [5.74, 6) is 1.25. The summed E-state index contributed by atoms with van der Waals surface area (Å²) in [6.45, 7) is 10.4. The lowest BCUT2D eigenvalue weighted by atomic mass is 9.98. The molecule has 2 atom stereocenters. The Morgan fingerprint density at radius 3 is 1.02 bits per heavy atom. The van der Waals surface area contributed by atoms with Crippen molar-refractivity contribution in [1.82, 2.24) is 5.32 Å². The molecule has 3 heteroatoms. The van der Waals surface area contributed by atoms with E-state index in [1.165, 1.54) is 180 Å². The Balaban J connectivity index is 1.80. The highest BCUT2D eigenvalue weighted by atomic mass is 16.5. The Labute approximate surface area is 283 Å². The monoisotopic (exact) mass is 632 g/mol. The fraction of sp³-hybridized carbons (Fsp3) is 0.905. The van der Waals surface area contributed by atoms with Crippen LogP contribution >= 0.6 is 0 Å². The molecular formula is C42H81NO2. The predicted octanol–water partition coefficient (Wildman–Crippen LogP) is 12.9. The molecule has 1 N–H and O–H groups in total. The van der Waals surface area contributed by atoms with Crippen LogP contribution in [0.5, 0.6) is 0 Å². The first-order valence-electron chi connectivity index (χ1n) is 20.5. The maximum atomic E-state index is 6.10. The van der Waals surface area contributed by atoms with Crippen LogP contribution in [0.15, 0.2) is 24.3 Å². The fourth-order valence-corrected chi connectivity index (χ4v) is 6.55. The van der Waals surface area contributed by atoms with Crippen LogP contribution in [0, 0.1) is 11.8 Å². The molecule has 0 amide bonds. The molecule has 45 heavy (non-hydrogen) atoms. The van der Waals surface area contributed by atoms with Gasteiger partial charge < -0.3 is 14.8 Å². The van der Waals surface area contributed by atoms with Crippen molar-refractivity contribution < 1.29 is 9.47 Å². The maximum Gasteiger partial charge on any atom is 0.0510 e. The lowest BCUT2D eigenvalue weighted by molar-refractivity contribution is 0.0482. The van der Waals surface area contributed by atoms with Crippen molar-refractivity contribution in [1.29, 1.82) is 0 Å². The molecule has 1 fully saturated rings. The second-order valence-corrected chi connectivity index (χ2v) is 14.2. The highest BCUT2D eigenvalue weighted by molar-refractivity contribution is 4.82. The first-order chi connectivity index (χ1) is 22.4. The smallest absolute Gasteiger partial charge is 0.0510 e. The average Bonchev–Trinajstić information content (AvgIpc) is 3.50. The molecule has 1 aliphatic rings. The number of allylic oxidation sites excluding steroid dienone is 4. The van der Waals surface area contributed by atoms with Crippen LogP contribution in [0.1, 0.15) is 194 Å². The second-order valence-electron chi connectivity index (χ2n) is 14.2. The van der Waals surface area contributed by atoms with E-state index in [1.54, 1.807) is 0 Å². The van der Waals surface area contributed by atoms with Crippen LogP contribution in [0.4, 0.5) is 0 Å². The third-order valence-electron chi connectivity index (χ3n) is 9.74. The summed E-state index contributed by atoms with van der Waals surface area (Å²) in [7, 11) is 0. The molecule has 3 nitrogen and oxygen atoms in total. The van der Waals surface area contributed by atoms with E-state index in [0.717, 1.165) is 39.5 Å². The van der Waals surface area contributed by atoms with E-state index in [0.29, 0.717) is 11.8 Å². The molecule has 266 valence electrons. The van der Waals surface area contributed by atoms with E-state index in [-0.39, 0.29) is 0 Å². The molecule has 0 aromatic carbocycles. The lowest BCUT2D eigenvalue weighted by Gasteiger charge is -2.18. The van der Waals surface area contributed by atoms with Crippen LogP contribution in [0.25, 0.3) is 0 Å². The van der Waals surface area contributed by atoms with Gasteiger partial charge in [-0.05, 0) is 64.2 Å². The van der Waals surface area contributed by atoms with Crippen molar-refractivity contribution in [3.8, 4) is 0 Å². The number of nitrogens with one attached hydrogen (secondary N) is 1. The molecule has 0 aliphatic carbocycles. The van der Waals surface area contributed by atoms with Crippen molar-refractivity contribution in [2.24, 2.45) is 11.8 Å². The number of rotatable bonds is 36. The number of unbranched alkanes of at least 4 members (excludes halogenated alkanes) is 24. The Morgan fingerprint density at radius 2 is 0.689 bits per heavy atom. The van der Waals surface area contributed by atoms with Crippen molar-refractivity contribution in [3.63, 3.8) is 0 Å². The van der Waals surface area contributed by atoms with Gasteiger partial charge in [-0.25, -0.2) is 0 Å². The molecule has 1 saturated heterocycles. The zero-order valence-corrected chi connectivity index (χ0v) is 30.8. The summed E-state index contributed by atoms with van der Waals surface area (Å²) in [5, 5.41) is 3.57. The molecule has 0 aromatic heterocycles. The summed E-state index contributed by atoms with van der Waals surface area (Å²) in [6.07, 6.45) is 47.7. The number of hydrogen-bond donors (Lipinski definition) is 1. The predicted molar refractivity (Wildman–Crippen MR) is 200 cm³/mol. The molecule has 0 bridgehead atoms.